The highest BCUT2D eigenvalue weighted by molar-refractivity contribution is 9.10. The second-order valence-electron chi connectivity index (χ2n) is 25.6. The predicted octanol–water partition coefficient (Wildman–Crippen LogP) is -4.63. The van der Waals surface area contributed by atoms with Crippen LogP contribution >= 0.6 is 119 Å². The monoisotopic (exact) mass is 1930 g/mol. The molecule has 2 aromatic carbocycles. The van der Waals surface area contributed by atoms with Crippen LogP contribution in [0, 0.1) is 0 Å². The Morgan fingerprint density at radius 3 is 0.569 bits per heavy atom. The maximum atomic E-state index is 15.3. The fourth-order valence-corrected chi connectivity index (χ4v) is 19.2. The van der Waals surface area contributed by atoms with Crippen molar-refractivity contribution < 1.29 is 167 Å². The second-order valence-corrected chi connectivity index (χ2v) is 32.5. The van der Waals surface area contributed by atoms with Crippen molar-refractivity contribution in [3.8, 4) is 0 Å². The highest BCUT2D eigenvalue weighted by Gasteiger charge is 2.60. The molecule has 30 saturated heterocycles. The van der Waals surface area contributed by atoms with Crippen molar-refractivity contribution >= 4 is 129 Å². The minimum absolute atomic E-state index is 0.146. The SMILES string of the molecule is O=P(OC[C@H]1O[C@@H]2O[C@H]3[C@H](O)[C@@H](O)[C@@H](O[C@H]4[C@H](O)[C@@H](O)[C@@H](O[C@H]5[C@H](O)[C@@H](O)[C@@H](O[C@H]6[C@H](O)[C@@H](O)[C@@H](O[C@H]7[C@H](O)[C@@H](O)[C@@H](O[C@H]8[C@H](O)[C@@H](O)[C@@H](O[C@H]9[C@H](O)[C@@H](O)[C@@H](O[C@H]1[C@H](O)[C@H]2O)O[C@@H]9CBr)O[C@@H]8CBr)O[C@@H]7CBr)O[C@@H]6CBr)O[C@@H]5CBr)O[C@@H]4CBr)O[C@@H]3CBr)(c1ccccc1)c1ccccc1. The van der Waals surface area contributed by atoms with Crippen molar-refractivity contribution in [2.24, 2.45) is 0 Å². The van der Waals surface area contributed by atoms with Gasteiger partial charge in [-0.2, -0.15) is 0 Å². The number of rotatable bonds is 12. The first-order valence-electron chi connectivity index (χ1n) is 32.4. The molecule has 0 aromatic heterocycles. The van der Waals surface area contributed by atoms with E-state index in [1.165, 1.54) is 0 Å². The average molecular weight is 1940 g/mol. The number of hydrogen-bond acceptors (Lipinski definition) is 34. The number of aliphatic hydroxyl groups is 16. The van der Waals surface area contributed by atoms with Crippen LogP contribution in [0.3, 0.4) is 0 Å². The highest BCUT2D eigenvalue weighted by Crippen LogP contribution is 2.47. The summed E-state index contributed by atoms with van der Waals surface area (Å²) in [5.41, 5.74) is 0. The number of benzene rings is 2. The Morgan fingerprint density at radius 1 is 0.245 bits per heavy atom. The zero-order valence-corrected chi connectivity index (χ0v) is 65.1. The summed E-state index contributed by atoms with van der Waals surface area (Å²) < 4.78 is 120. The van der Waals surface area contributed by atoms with Gasteiger partial charge in [0.15, 0.2) is 50.3 Å². The summed E-state index contributed by atoms with van der Waals surface area (Å²) in [7, 11) is -4.13. The van der Waals surface area contributed by atoms with Crippen molar-refractivity contribution in [1.29, 1.82) is 0 Å². The van der Waals surface area contributed by atoms with Gasteiger partial charge in [0.1, 0.15) is 153 Å². The summed E-state index contributed by atoms with van der Waals surface area (Å²) in [4.78, 5) is 0. The average Bonchev–Trinajstić information content (AvgIpc) is 0.768. The topological polar surface area (TPSA) is 498 Å². The van der Waals surface area contributed by atoms with Crippen LogP contribution in [0.2, 0.25) is 0 Å². The number of ether oxygens (including phenoxy) is 16. The zero-order valence-electron chi connectivity index (χ0n) is 53.1. The molecular formula is C60H82Br7O34P. The summed E-state index contributed by atoms with van der Waals surface area (Å²) >= 11 is 23.2. The maximum absolute atomic E-state index is 15.3. The lowest BCUT2D eigenvalue weighted by molar-refractivity contribution is -0.397. The van der Waals surface area contributed by atoms with Crippen molar-refractivity contribution in [2.45, 2.75) is 246 Å². The van der Waals surface area contributed by atoms with Gasteiger partial charge in [0.05, 0.1) is 49.3 Å². The number of halogens is 7. The summed E-state index contributed by atoms with van der Waals surface area (Å²) in [6.45, 7) is -0.761. The van der Waals surface area contributed by atoms with Gasteiger partial charge in [-0.3, -0.25) is 4.57 Å². The van der Waals surface area contributed by atoms with Crippen LogP contribution in [-0.2, 0) is 84.9 Å². The number of alkyl halides is 7. The van der Waals surface area contributed by atoms with Crippen LogP contribution in [0.4, 0.5) is 0 Å². The van der Waals surface area contributed by atoms with Gasteiger partial charge < -0.3 is 162 Å². The molecule has 0 aliphatic carbocycles. The lowest BCUT2D eigenvalue weighted by atomic mass is 9.95. The molecule has 32 rings (SSSR count). The highest BCUT2D eigenvalue weighted by atomic mass is 79.9. The molecule has 102 heavy (non-hydrogen) atoms. The van der Waals surface area contributed by atoms with Crippen LogP contribution in [0.1, 0.15) is 0 Å². The van der Waals surface area contributed by atoms with Gasteiger partial charge in [0.25, 0.3) is 7.37 Å². The van der Waals surface area contributed by atoms with E-state index in [0.717, 1.165) is 0 Å². The number of hydrogen-bond donors (Lipinski definition) is 16. The smallest absolute Gasteiger partial charge is 0.261 e. The summed E-state index contributed by atoms with van der Waals surface area (Å²) in [5.74, 6) is 0. The van der Waals surface area contributed by atoms with Gasteiger partial charge >= 0.3 is 0 Å². The van der Waals surface area contributed by atoms with E-state index in [4.69, 9.17) is 80.3 Å². The van der Waals surface area contributed by atoms with E-state index in [1.807, 2.05) is 0 Å². The van der Waals surface area contributed by atoms with Crippen molar-refractivity contribution in [3.05, 3.63) is 60.7 Å². The lowest BCUT2D eigenvalue weighted by Crippen LogP contribution is -2.68. The van der Waals surface area contributed by atoms with Crippen LogP contribution < -0.4 is 10.6 Å². The minimum atomic E-state index is -4.13. The van der Waals surface area contributed by atoms with E-state index in [9.17, 15) is 81.7 Å². The van der Waals surface area contributed by atoms with Gasteiger partial charge in [-0.15, -0.1) is 0 Å². The summed E-state index contributed by atoms with van der Waals surface area (Å²) in [5, 5.41) is 188. The van der Waals surface area contributed by atoms with E-state index in [2.05, 4.69) is 112 Å². The van der Waals surface area contributed by atoms with Crippen LogP contribution in [0.5, 0.6) is 0 Å². The van der Waals surface area contributed by atoms with Crippen LogP contribution in [0.25, 0.3) is 0 Å². The molecule has 30 aliphatic heterocycles. The molecule has 580 valence electrons. The summed E-state index contributed by atoms with van der Waals surface area (Å²) in [6.07, 6.45) is -71.3. The first-order valence-corrected chi connectivity index (χ1v) is 41.9. The Bertz CT molecular complexity index is 2930. The van der Waals surface area contributed by atoms with Gasteiger partial charge in [0.2, 0.25) is 0 Å². The fourth-order valence-electron chi connectivity index (χ4n) is 13.5. The predicted molar refractivity (Wildman–Crippen MR) is 367 cm³/mol. The second kappa shape index (κ2) is 36.7. The molecule has 16 N–H and O–H groups in total. The van der Waals surface area contributed by atoms with E-state index in [-0.39, 0.29) is 47.9 Å². The van der Waals surface area contributed by atoms with E-state index < -0.39 is 260 Å². The molecule has 30 heterocycles. The Balaban J connectivity index is 0.890. The molecule has 42 heteroatoms. The molecule has 0 saturated carbocycles. The van der Waals surface area contributed by atoms with Gasteiger partial charge in [-0.25, -0.2) is 0 Å². The standard InChI is InChI=1S/C60H82Br7O34P/c61-11-21-45-29(68)37(76)53(86-21)95-46-22(12-62)88-55(39(78)31(46)70)97-48-24(14-64)90-57(41(80)33(48)72)99-50-26(16-66)92-59(43(82)35(50)74)101-52-28(18-85-102(84,19-7-3-1-4-8-19)20-9-5-2-6-10-20)93-60(44(83)36(52)75)100-51-27(17-67)91-58(42(81)34(51)73)98-49-25(15-65)89-56(40(79)32(49)71)96-47-23(13-63)87-54(94-45)38(77)30(47)69/h1-10,21-60,68-83H,11-18H2/t21-,22-,23-,24-,25-,26-,27-,28-,29-,30-,31-,32-,33-,34-,35-,36-,37-,38-,39-,40-,41-,42-,43-,44-,45-,46-,47-,48-,49-,50-,51-,52-,53-,54-,55-,56-,57-,58-,59-,60-/m1/s1. The third-order valence-corrected chi connectivity index (χ3v) is 26.1. The summed E-state index contributed by atoms with van der Waals surface area (Å²) in [6, 6.07) is 16.1. The third-order valence-electron chi connectivity index (χ3n) is 19.1. The molecule has 2 aromatic rings. The Morgan fingerprint density at radius 2 is 0.402 bits per heavy atom. The van der Waals surface area contributed by atoms with Crippen LogP contribution in [0.15, 0.2) is 60.7 Å². The molecule has 30 fully saturated rings. The van der Waals surface area contributed by atoms with E-state index in [0.29, 0.717) is 0 Å². The van der Waals surface area contributed by atoms with Gasteiger partial charge in [-0.05, 0) is 24.3 Å². The Hall–Kier alpha value is 0.710. The molecule has 0 spiro atoms. The van der Waals surface area contributed by atoms with Gasteiger partial charge in [-0.1, -0.05) is 148 Å². The normalized spacial score (nSPS) is 49.5. The minimum Gasteiger partial charge on any atom is -0.387 e. The van der Waals surface area contributed by atoms with Crippen LogP contribution in [-0.4, -0.2) is 371 Å². The van der Waals surface area contributed by atoms with E-state index >= 15 is 4.57 Å². The molecule has 0 radical (unpaired) electrons. The zero-order chi connectivity index (χ0) is 73.5. The fraction of sp³-hybridized carbons (Fsp3) is 0.800. The molecule has 34 nitrogen and oxygen atoms in total. The molecule has 16 bridgehead atoms. The quantitative estimate of drug-likeness (QED) is 0.0702. The molecule has 0 amide bonds. The Labute approximate surface area is 641 Å². The Kier molecular flexibility index (Phi) is 30.1. The molecule has 40 atom stereocenters. The van der Waals surface area contributed by atoms with Gasteiger partial charge in [0, 0.05) is 47.9 Å². The third kappa shape index (κ3) is 17.3. The molecule has 0 unspecified atom stereocenters. The van der Waals surface area contributed by atoms with E-state index in [1.54, 1.807) is 60.7 Å². The lowest BCUT2D eigenvalue weighted by Gasteiger charge is -2.51. The molecule has 30 aliphatic rings. The van der Waals surface area contributed by atoms with Crippen molar-refractivity contribution in [2.75, 3.05) is 43.9 Å². The molecular weight excluding hydrogens is 1850 g/mol. The number of aliphatic hydroxyl groups excluding tert-OH is 16. The van der Waals surface area contributed by atoms with Crippen molar-refractivity contribution in [1.82, 2.24) is 0 Å². The maximum Gasteiger partial charge on any atom is 0.261 e. The first-order chi connectivity index (χ1) is 48.7. The van der Waals surface area contributed by atoms with Crippen molar-refractivity contribution in [3.63, 3.8) is 0 Å². The first kappa shape index (κ1) is 83.6. The largest absolute Gasteiger partial charge is 0.387 e.